The predicted molar refractivity (Wildman–Crippen MR) is 79.5 cm³/mol. The molecule has 0 aliphatic rings. The third kappa shape index (κ3) is 4.21. The van der Waals surface area contributed by atoms with Gasteiger partial charge in [0.15, 0.2) is 0 Å². The molecule has 1 aromatic carbocycles. The molecule has 1 atom stereocenters. The molecule has 0 spiro atoms. The van der Waals surface area contributed by atoms with E-state index in [-0.39, 0.29) is 12.3 Å². The molecule has 2 aromatic rings. The van der Waals surface area contributed by atoms with Crippen molar-refractivity contribution in [2.75, 3.05) is 0 Å². The van der Waals surface area contributed by atoms with Crippen LogP contribution in [0.2, 0.25) is 0 Å². The SMILES string of the molecule is CC(CCc1ccc(-c2cccs2)cc1)CC(=O)O. The van der Waals surface area contributed by atoms with Crippen molar-refractivity contribution in [3.8, 4) is 10.4 Å². The van der Waals surface area contributed by atoms with Gasteiger partial charge in [0.25, 0.3) is 0 Å². The van der Waals surface area contributed by atoms with Gasteiger partial charge in [0.2, 0.25) is 0 Å². The summed E-state index contributed by atoms with van der Waals surface area (Å²) in [6.45, 7) is 1.99. The lowest BCUT2D eigenvalue weighted by atomic mass is 9.98. The minimum absolute atomic E-state index is 0.231. The zero-order valence-electron chi connectivity index (χ0n) is 11.0. The van der Waals surface area contributed by atoms with Gasteiger partial charge in [-0.05, 0) is 41.3 Å². The van der Waals surface area contributed by atoms with E-state index in [0.717, 1.165) is 12.8 Å². The molecular weight excluding hydrogens is 256 g/mol. The molecule has 0 fully saturated rings. The van der Waals surface area contributed by atoms with Gasteiger partial charge in [0.1, 0.15) is 0 Å². The highest BCUT2D eigenvalue weighted by Gasteiger charge is 2.07. The number of hydrogen-bond acceptors (Lipinski definition) is 2. The number of hydrogen-bond donors (Lipinski definition) is 1. The normalized spacial score (nSPS) is 12.3. The first-order valence-electron chi connectivity index (χ1n) is 6.50. The zero-order chi connectivity index (χ0) is 13.7. The van der Waals surface area contributed by atoms with Crippen molar-refractivity contribution in [1.29, 1.82) is 0 Å². The van der Waals surface area contributed by atoms with Crippen LogP contribution in [-0.4, -0.2) is 11.1 Å². The van der Waals surface area contributed by atoms with Crippen molar-refractivity contribution in [1.82, 2.24) is 0 Å². The first-order valence-corrected chi connectivity index (χ1v) is 7.37. The summed E-state index contributed by atoms with van der Waals surface area (Å²) in [5.74, 6) is -0.477. The van der Waals surface area contributed by atoms with E-state index in [9.17, 15) is 4.79 Å². The average Bonchev–Trinajstić information content (AvgIpc) is 2.90. The lowest BCUT2D eigenvalue weighted by Gasteiger charge is -2.08. The minimum atomic E-state index is -0.708. The summed E-state index contributed by atoms with van der Waals surface area (Å²) in [7, 11) is 0. The van der Waals surface area contributed by atoms with Gasteiger partial charge in [-0.1, -0.05) is 37.3 Å². The van der Waals surface area contributed by atoms with E-state index in [1.54, 1.807) is 11.3 Å². The van der Waals surface area contributed by atoms with Gasteiger partial charge in [-0.15, -0.1) is 11.3 Å². The van der Waals surface area contributed by atoms with Crippen LogP contribution in [-0.2, 0) is 11.2 Å². The lowest BCUT2D eigenvalue weighted by molar-refractivity contribution is -0.138. The maximum Gasteiger partial charge on any atom is 0.303 e. The maximum atomic E-state index is 10.6. The van der Waals surface area contributed by atoms with Gasteiger partial charge in [-0.25, -0.2) is 0 Å². The van der Waals surface area contributed by atoms with E-state index in [0.29, 0.717) is 0 Å². The second-order valence-electron chi connectivity index (χ2n) is 4.92. The summed E-state index contributed by atoms with van der Waals surface area (Å²) in [6.07, 6.45) is 2.12. The van der Waals surface area contributed by atoms with E-state index in [1.807, 2.05) is 6.92 Å². The molecule has 0 aliphatic carbocycles. The molecule has 0 saturated carbocycles. The Hall–Kier alpha value is -1.61. The van der Waals surface area contributed by atoms with Crippen molar-refractivity contribution in [3.63, 3.8) is 0 Å². The second kappa shape index (κ2) is 6.53. The van der Waals surface area contributed by atoms with E-state index in [4.69, 9.17) is 5.11 Å². The highest BCUT2D eigenvalue weighted by atomic mass is 32.1. The molecule has 3 heteroatoms. The van der Waals surface area contributed by atoms with Crippen LogP contribution >= 0.6 is 11.3 Å². The fourth-order valence-corrected chi connectivity index (χ4v) is 2.82. The number of thiophene rings is 1. The van der Waals surface area contributed by atoms with Crippen molar-refractivity contribution in [2.45, 2.75) is 26.2 Å². The van der Waals surface area contributed by atoms with Gasteiger partial charge < -0.3 is 5.11 Å². The average molecular weight is 274 g/mol. The maximum absolute atomic E-state index is 10.6. The Balaban J connectivity index is 1.90. The number of carboxylic acid groups (broad SMARTS) is 1. The van der Waals surface area contributed by atoms with Crippen LogP contribution in [0.3, 0.4) is 0 Å². The molecule has 19 heavy (non-hydrogen) atoms. The monoisotopic (exact) mass is 274 g/mol. The van der Waals surface area contributed by atoms with Gasteiger partial charge in [-0.2, -0.15) is 0 Å². The molecule has 0 saturated heterocycles. The first kappa shape index (κ1) is 13.8. The number of carbonyl (C=O) groups is 1. The standard InChI is InChI=1S/C16H18O2S/c1-12(11-16(17)18)4-5-13-6-8-14(9-7-13)15-3-2-10-19-15/h2-3,6-10,12H,4-5,11H2,1H3,(H,17,18). The lowest BCUT2D eigenvalue weighted by Crippen LogP contribution is -2.05. The van der Waals surface area contributed by atoms with Gasteiger partial charge in [0.05, 0.1) is 0 Å². The van der Waals surface area contributed by atoms with Crippen molar-refractivity contribution < 1.29 is 9.90 Å². The molecule has 0 radical (unpaired) electrons. The summed E-state index contributed by atoms with van der Waals surface area (Å²) in [5, 5.41) is 10.8. The molecule has 1 unspecified atom stereocenters. The molecule has 0 amide bonds. The quantitative estimate of drug-likeness (QED) is 0.844. The largest absolute Gasteiger partial charge is 0.481 e. The highest BCUT2D eigenvalue weighted by molar-refractivity contribution is 7.13. The fraction of sp³-hybridized carbons (Fsp3) is 0.312. The van der Waals surface area contributed by atoms with Crippen LogP contribution in [0.1, 0.15) is 25.3 Å². The number of rotatable bonds is 6. The van der Waals surface area contributed by atoms with Gasteiger partial charge in [0, 0.05) is 11.3 Å². The third-order valence-corrected chi connectivity index (χ3v) is 4.13. The third-order valence-electron chi connectivity index (χ3n) is 3.21. The van der Waals surface area contributed by atoms with E-state index >= 15 is 0 Å². The fourth-order valence-electron chi connectivity index (χ4n) is 2.09. The first-order chi connectivity index (χ1) is 9.15. The van der Waals surface area contributed by atoms with Crippen LogP contribution in [0, 0.1) is 5.92 Å². The molecule has 1 heterocycles. The predicted octanol–water partition coefficient (Wildman–Crippen LogP) is 4.46. The minimum Gasteiger partial charge on any atom is -0.481 e. The number of aryl methyl sites for hydroxylation is 1. The molecule has 0 aliphatic heterocycles. The van der Waals surface area contributed by atoms with Crippen molar-refractivity contribution >= 4 is 17.3 Å². The smallest absolute Gasteiger partial charge is 0.303 e. The second-order valence-corrected chi connectivity index (χ2v) is 5.86. The molecule has 1 aromatic heterocycles. The van der Waals surface area contributed by atoms with Crippen molar-refractivity contribution in [3.05, 3.63) is 47.3 Å². The van der Waals surface area contributed by atoms with Crippen molar-refractivity contribution in [2.24, 2.45) is 5.92 Å². The number of carboxylic acids is 1. The van der Waals surface area contributed by atoms with Crippen LogP contribution in [0.4, 0.5) is 0 Å². The van der Waals surface area contributed by atoms with Gasteiger partial charge >= 0.3 is 5.97 Å². The Bertz CT molecular complexity index is 514. The summed E-state index contributed by atoms with van der Waals surface area (Å²) >= 11 is 1.74. The Kier molecular flexibility index (Phi) is 4.74. The van der Waals surface area contributed by atoms with E-state index in [1.165, 1.54) is 16.0 Å². The van der Waals surface area contributed by atoms with Crippen LogP contribution in [0.25, 0.3) is 10.4 Å². The Labute approximate surface area is 117 Å². The zero-order valence-corrected chi connectivity index (χ0v) is 11.8. The van der Waals surface area contributed by atoms with E-state index in [2.05, 4.69) is 41.8 Å². The summed E-state index contributed by atoms with van der Waals surface area (Å²) in [4.78, 5) is 11.9. The number of aliphatic carboxylic acids is 1. The van der Waals surface area contributed by atoms with Crippen LogP contribution < -0.4 is 0 Å². The molecule has 1 N–H and O–H groups in total. The van der Waals surface area contributed by atoms with E-state index < -0.39 is 5.97 Å². The molecule has 2 rings (SSSR count). The highest BCUT2D eigenvalue weighted by Crippen LogP contribution is 2.25. The molecule has 100 valence electrons. The summed E-state index contributed by atoms with van der Waals surface area (Å²) in [5.41, 5.74) is 2.52. The topological polar surface area (TPSA) is 37.3 Å². The van der Waals surface area contributed by atoms with Crippen LogP contribution in [0.5, 0.6) is 0 Å². The van der Waals surface area contributed by atoms with Gasteiger partial charge in [-0.3, -0.25) is 4.79 Å². The Morgan fingerprint density at radius 2 is 2.00 bits per heavy atom. The Morgan fingerprint density at radius 1 is 1.26 bits per heavy atom. The Morgan fingerprint density at radius 3 is 2.58 bits per heavy atom. The molecular formula is C16H18O2S. The molecule has 2 nitrogen and oxygen atoms in total. The molecule has 0 bridgehead atoms. The van der Waals surface area contributed by atoms with Crippen LogP contribution in [0.15, 0.2) is 41.8 Å². The summed E-state index contributed by atoms with van der Waals surface area (Å²) < 4.78 is 0. The summed E-state index contributed by atoms with van der Waals surface area (Å²) in [6, 6.07) is 12.7. The number of benzene rings is 1.